The van der Waals surface area contributed by atoms with Gasteiger partial charge in [-0.25, -0.2) is 0 Å². The molecule has 0 spiro atoms. The Balaban J connectivity index is 1.71. The molecule has 96 valence electrons. The van der Waals surface area contributed by atoms with E-state index in [0.29, 0.717) is 0 Å². The molecule has 0 radical (unpaired) electrons. The lowest BCUT2D eigenvalue weighted by Gasteiger charge is -2.36. The van der Waals surface area contributed by atoms with Crippen LogP contribution in [0.5, 0.6) is 0 Å². The van der Waals surface area contributed by atoms with Crippen LogP contribution in [0.25, 0.3) is 0 Å². The van der Waals surface area contributed by atoms with Crippen molar-refractivity contribution in [3.8, 4) is 0 Å². The third-order valence-corrected chi connectivity index (χ3v) is 4.10. The zero-order valence-corrected chi connectivity index (χ0v) is 10.7. The topological polar surface area (TPSA) is 23.6 Å². The average molecular weight is 236 g/mol. The third-order valence-electron chi connectivity index (χ3n) is 4.10. The van der Waals surface area contributed by atoms with Gasteiger partial charge in [0, 0.05) is 32.7 Å². The summed E-state index contributed by atoms with van der Waals surface area (Å²) in [6.45, 7) is 8.61. The summed E-state index contributed by atoms with van der Waals surface area (Å²) >= 11 is 0. The van der Waals surface area contributed by atoms with Gasteiger partial charge in [0.1, 0.15) is 0 Å². The molecule has 2 aliphatic rings. The average Bonchev–Trinajstić information content (AvgIpc) is 2.40. The van der Waals surface area contributed by atoms with E-state index in [1.165, 1.54) is 44.7 Å². The third kappa shape index (κ3) is 3.56. The molecule has 0 bridgehead atoms. The van der Waals surface area contributed by atoms with E-state index in [1.54, 1.807) is 0 Å². The van der Waals surface area contributed by atoms with E-state index in [0.717, 1.165) is 32.1 Å². The lowest BCUT2D eigenvalue weighted by atomic mass is 9.89. The summed E-state index contributed by atoms with van der Waals surface area (Å²) in [5.41, 5.74) is 0. The van der Waals surface area contributed by atoms with Crippen LogP contribution in [0.15, 0.2) is 12.7 Å². The molecule has 1 heterocycles. The summed E-state index contributed by atoms with van der Waals surface area (Å²) in [6, 6.07) is 0. The smallest absolute Gasteiger partial charge is 0.246 e. The number of carbonyl (C=O) groups excluding carboxylic acids is 1. The van der Waals surface area contributed by atoms with E-state index in [9.17, 15) is 4.79 Å². The molecular weight excluding hydrogens is 212 g/mol. The molecule has 0 aromatic heterocycles. The van der Waals surface area contributed by atoms with Crippen molar-refractivity contribution in [2.24, 2.45) is 5.92 Å². The van der Waals surface area contributed by atoms with Crippen molar-refractivity contribution in [3.63, 3.8) is 0 Å². The molecule has 0 aromatic carbocycles. The Hall–Kier alpha value is -0.830. The van der Waals surface area contributed by atoms with Crippen LogP contribution in [-0.2, 0) is 4.79 Å². The van der Waals surface area contributed by atoms with E-state index < -0.39 is 0 Å². The van der Waals surface area contributed by atoms with Gasteiger partial charge >= 0.3 is 0 Å². The molecule has 0 atom stereocenters. The van der Waals surface area contributed by atoms with Gasteiger partial charge in [-0.2, -0.15) is 0 Å². The van der Waals surface area contributed by atoms with Crippen LogP contribution in [0.2, 0.25) is 0 Å². The summed E-state index contributed by atoms with van der Waals surface area (Å²) in [4.78, 5) is 15.9. The first-order valence-electron chi connectivity index (χ1n) is 6.93. The Morgan fingerprint density at radius 1 is 1.12 bits per heavy atom. The molecule has 1 saturated heterocycles. The van der Waals surface area contributed by atoms with Crippen molar-refractivity contribution < 1.29 is 4.79 Å². The molecule has 3 nitrogen and oxygen atoms in total. The van der Waals surface area contributed by atoms with Crippen molar-refractivity contribution in [1.29, 1.82) is 0 Å². The van der Waals surface area contributed by atoms with Crippen LogP contribution in [0, 0.1) is 5.92 Å². The highest BCUT2D eigenvalue weighted by molar-refractivity contribution is 5.87. The lowest BCUT2D eigenvalue weighted by Crippen LogP contribution is -2.49. The molecule has 1 aliphatic heterocycles. The van der Waals surface area contributed by atoms with Gasteiger partial charge in [0.2, 0.25) is 5.91 Å². The Morgan fingerprint density at radius 2 is 1.76 bits per heavy atom. The fraction of sp³-hybridized carbons (Fsp3) is 0.786. The van der Waals surface area contributed by atoms with Crippen LogP contribution >= 0.6 is 0 Å². The van der Waals surface area contributed by atoms with Gasteiger partial charge in [-0.05, 0) is 24.8 Å². The summed E-state index contributed by atoms with van der Waals surface area (Å²) in [5.74, 6) is 0.993. The predicted molar refractivity (Wildman–Crippen MR) is 69.8 cm³/mol. The summed E-state index contributed by atoms with van der Waals surface area (Å²) in [7, 11) is 0. The van der Waals surface area contributed by atoms with Crippen LogP contribution in [0.1, 0.15) is 32.1 Å². The standard InChI is InChI=1S/C14H24N2O/c1-2-14(17)16-10-8-15(9-11-16)12-13-6-4-3-5-7-13/h2,13H,1,3-12H2. The van der Waals surface area contributed by atoms with Gasteiger partial charge in [-0.15, -0.1) is 0 Å². The summed E-state index contributed by atoms with van der Waals surface area (Å²) in [6.07, 6.45) is 8.51. The molecule has 2 rings (SSSR count). The number of hydrogen-bond acceptors (Lipinski definition) is 2. The van der Waals surface area contributed by atoms with Crippen molar-refractivity contribution in [2.75, 3.05) is 32.7 Å². The van der Waals surface area contributed by atoms with Gasteiger partial charge < -0.3 is 4.90 Å². The number of carbonyl (C=O) groups is 1. The van der Waals surface area contributed by atoms with Crippen molar-refractivity contribution in [1.82, 2.24) is 9.80 Å². The molecule has 1 saturated carbocycles. The largest absolute Gasteiger partial charge is 0.337 e. The molecule has 0 aromatic rings. The maximum atomic E-state index is 11.5. The van der Waals surface area contributed by atoms with E-state index >= 15 is 0 Å². The SMILES string of the molecule is C=CC(=O)N1CCN(CC2CCCCC2)CC1. The van der Waals surface area contributed by atoms with Crippen LogP contribution in [-0.4, -0.2) is 48.4 Å². The van der Waals surface area contributed by atoms with Crippen molar-refractivity contribution >= 4 is 5.91 Å². The molecule has 0 unspecified atom stereocenters. The zero-order chi connectivity index (χ0) is 12.1. The highest BCUT2D eigenvalue weighted by atomic mass is 16.2. The molecule has 1 amide bonds. The van der Waals surface area contributed by atoms with Crippen molar-refractivity contribution in [2.45, 2.75) is 32.1 Å². The Morgan fingerprint density at radius 3 is 2.35 bits per heavy atom. The van der Waals surface area contributed by atoms with E-state index in [4.69, 9.17) is 0 Å². The minimum Gasteiger partial charge on any atom is -0.337 e. The number of rotatable bonds is 3. The number of nitrogens with zero attached hydrogens (tertiary/aromatic N) is 2. The fourth-order valence-corrected chi connectivity index (χ4v) is 3.01. The first-order valence-corrected chi connectivity index (χ1v) is 6.93. The fourth-order valence-electron chi connectivity index (χ4n) is 3.01. The van der Waals surface area contributed by atoms with Gasteiger partial charge in [-0.3, -0.25) is 9.69 Å². The zero-order valence-electron chi connectivity index (χ0n) is 10.7. The first kappa shape index (κ1) is 12.6. The van der Waals surface area contributed by atoms with Crippen LogP contribution in [0.4, 0.5) is 0 Å². The Labute approximate surface area is 104 Å². The molecule has 1 aliphatic carbocycles. The molecular formula is C14H24N2O. The monoisotopic (exact) mass is 236 g/mol. The highest BCUT2D eigenvalue weighted by Crippen LogP contribution is 2.24. The Bertz CT molecular complexity index is 263. The van der Waals surface area contributed by atoms with Gasteiger partial charge in [0.05, 0.1) is 0 Å². The van der Waals surface area contributed by atoms with Crippen molar-refractivity contribution in [3.05, 3.63) is 12.7 Å². The predicted octanol–water partition coefficient (Wildman–Crippen LogP) is 1.90. The minimum absolute atomic E-state index is 0.0855. The van der Waals surface area contributed by atoms with Gasteiger partial charge in [-0.1, -0.05) is 25.8 Å². The van der Waals surface area contributed by atoms with E-state index in [2.05, 4.69) is 11.5 Å². The molecule has 17 heavy (non-hydrogen) atoms. The normalized spacial score (nSPS) is 23.6. The maximum Gasteiger partial charge on any atom is 0.246 e. The number of amides is 1. The second kappa shape index (κ2) is 6.20. The summed E-state index contributed by atoms with van der Waals surface area (Å²) < 4.78 is 0. The summed E-state index contributed by atoms with van der Waals surface area (Å²) in [5, 5.41) is 0. The lowest BCUT2D eigenvalue weighted by molar-refractivity contribution is -0.127. The van der Waals surface area contributed by atoms with Gasteiger partial charge in [0.25, 0.3) is 0 Å². The maximum absolute atomic E-state index is 11.5. The molecule has 3 heteroatoms. The molecule has 2 fully saturated rings. The number of hydrogen-bond donors (Lipinski definition) is 0. The van der Waals surface area contributed by atoms with E-state index in [-0.39, 0.29) is 5.91 Å². The minimum atomic E-state index is 0.0855. The second-order valence-corrected chi connectivity index (χ2v) is 5.33. The van der Waals surface area contributed by atoms with E-state index in [1.807, 2.05) is 4.90 Å². The highest BCUT2D eigenvalue weighted by Gasteiger charge is 2.22. The number of piperazine rings is 1. The second-order valence-electron chi connectivity index (χ2n) is 5.33. The quantitative estimate of drug-likeness (QED) is 0.699. The van der Waals surface area contributed by atoms with Crippen LogP contribution < -0.4 is 0 Å². The molecule has 0 N–H and O–H groups in total. The Kier molecular flexibility index (Phi) is 4.60. The first-order chi connectivity index (χ1) is 8.29. The van der Waals surface area contributed by atoms with Gasteiger partial charge in [0.15, 0.2) is 0 Å². The van der Waals surface area contributed by atoms with Crippen LogP contribution in [0.3, 0.4) is 0 Å².